The van der Waals surface area contributed by atoms with Gasteiger partial charge < -0.3 is 4.48 Å². The van der Waals surface area contributed by atoms with Gasteiger partial charge in [-0.2, -0.15) is 0 Å². The quantitative estimate of drug-likeness (QED) is 0.506. The van der Waals surface area contributed by atoms with Crippen molar-refractivity contribution in [2.75, 3.05) is 26.7 Å². The Morgan fingerprint density at radius 2 is 1.94 bits per heavy atom. The SMILES string of the molecule is CC1(C)C2CC=C(C[N+]3(C)CCCCC3)C1C2. The minimum atomic E-state index is 0.610. The van der Waals surface area contributed by atoms with Crippen molar-refractivity contribution in [1.82, 2.24) is 0 Å². The fraction of sp³-hybridized carbons (Fsp3) is 0.875. The molecule has 4 aliphatic rings. The summed E-state index contributed by atoms with van der Waals surface area (Å²) in [5, 5.41) is 0. The Morgan fingerprint density at radius 1 is 1.24 bits per heavy atom. The molecule has 0 N–H and O–H groups in total. The standard InChI is InChI=1S/C16H28N/c1-16(2)14-8-7-13(15(16)11-14)12-17(3)9-5-4-6-10-17/h7,14-15H,4-6,8-12H2,1-3H3/q+1. The summed E-state index contributed by atoms with van der Waals surface area (Å²) in [5.41, 5.74) is 2.42. The van der Waals surface area contributed by atoms with E-state index < -0.39 is 0 Å². The van der Waals surface area contributed by atoms with Gasteiger partial charge in [0.25, 0.3) is 0 Å². The molecule has 0 spiro atoms. The summed E-state index contributed by atoms with van der Waals surface area (Å²) in [6.45, 7) is 9.16. The Hall–Kier alpha value is -0.300. The van der Waals surface area contributed by atoms with E-state index in [1.165, 1.54) is 56.2 Å². The molecule has 2 bridgehead atoms. The van der Waals surface area contributed by atoms with Crippen LogP contribution in [0.5, 0.6) is 0 Å². The fourth-order valence-electron chi connectivity index (χ4n) is 4.53. The van der Waals surface area contributed by atoms with Crippen LogP contribution in [0.3, 0.4) is 0 Å². The monoisotopic (exact) mass is 234 g/mol. The van der Waals surface area contributed by atoms with Crippen molar-refractivity contribution in [2.45, 2.75) is 46.0 Å². The maximum Gasteiger partial charge on any atom is 0.100 e. The van der Waals surface area contributed by atoms with E-state index in [4.69, 9.17) is 0 Å². The Labute approximate surface area is 106 Å². The zero-order chi connectivity index (χ0) is 12.1. The Kier molecular flexibility index (Phi) is 2.66. The number of fused-ring (bicyclic) bond motifs is 1. The summed E-state index contributed by atoms with van der Waals surface area (Å²) < 4.78 is 1.32. The van der Waals surface area contributed by atoms with Crippen molar-refractivity contribution in [2.24, 2.45) is 17.3 Å². The van der Waals surface area contributed by atoms with Crippen LogP contribution >= 0.6 is 0 Å². The molecule has 1 nitrogen and oxygen atoms in total. The Bertz CT molecular complexity index is 333. The summed E-state index contributed by atoms with van der Waals surface area (Å²) in [5.74, 6) is 1.90. The number of allylic oxidation sites excluding steroid dienone is 1. The molecule has 0 amide bonds. The molecule has 1 saturated carbocycles. The topological polar surface area (TPSA) is 0 Å². The average Bonchev–Trinajstić information content (AvgIpc) is 2.29. The molecule has 1 aliphatic heterocycles. The second-order valence-corrected chi connectivity index (χ2v) is 7.61. The van der Waals surface area contributed by atoms with Crippen LogP contribution < -0.4 is 0 Å². The van der Waals surface area contributed by atoms with E-state index in [1.807, 2.05) is 5.57 Å². The van der Waals surface area contributed by atoms with E-state index in [0.717, 1.165) is 11.8 Å². The number of rotatable bonds is 2. The highest BCUT2D eigenvalue weighted by Gasteiger charge is 2.52. The number of hydrogen-bond acceptors (Lipinski definition) is 0. The van der Waals surface area contributed by atoms with Crippen LogP contribution in [0.25, 0.3) is 0 Å². The number of likely N-dealkylation sites (tertiary alicyclic amines) is 1. The number of piperidine rings is 1. The molecule has 2 atom stereocenters. The van der Waals surface area contributed by atoms with E-state index in [2.05, 4.69) is 27.0 Å². The van der Waals surface area contributed by atoms with Gasteiger partial charge in [-0.25, -0.2) is 0 Å². The van der Waals surface area contributed by atoms with Crippen molar-refractivity contribution >= 4 is 0 Å². The molecule has 96 valence electrons. The third-order valence-corrected chi connectivity index (χ3v) is 6.04. The largest absolute Gasteiger partial charge is 0.323 e. The zero-order valence-corrected chi connectivity index (χ0v) is 11.8. The third kappa shape index (κ3) is 1.87. The molecular weight excluding hydrogens is 206 g/mol. The number of nitrogens with zero attached hydrogens (tertiary/aromatic N) is 1. The summed E-state index contributed by atoms with van der Waals surface area (Å²) in [7, 11) is 2.48. The van der Waals surface area contributed by atoms with Gasteiger partial charge >= 0.3 is 0 Å². The van der Waals surface area contributed by atoms with Crippen LogP contribution in [0, 0.1) is 17.3 Å². The van der Waals surface area contributed by atoms with Gasteiger partial charge in [-0.1, -0.05) is 19.9 Å². The lowest BCUT2D eigenvalue weighted by atomic mass is 9.49. The maximum atomic E-state index is 2.60. The smallest absolute Gasteiger partial charge is 0.100 e. The van der Waals surface area contributed by atoms with Crippen LogP contribution in [-0.2, 0) is 0 Å². The minimum Gasteiger partial charge on any atom is -0.323 e. The first-order chi connectivity index (χ1) is 8.01. The van der Waals surface area contributed by atoms with E-state index in [0.29, 0.717) is 5.41 Å². The second-order valence-electron chi connectivity index (χ2n) is 7.61. The predicted octanol–water partition coefficient (Wildman–Crippen LogP) is 3.61. The minimum absolute atomic E-state index is 0.610. The van der Waals surface area contributed by atoms with Crippen LogP contribution in [0.15, 0.2) is 11.6 Å². The summed E-state index contributed by atoms with van der Waals surface area (Å²) in [6, 6.07) is 0. The van der Waals surface area contributed by atoms with E-state index in [1.54, 1.807) is 0 Å². The van der Waals surface area contributed by atoms with Crippen molar-refractivity contribution in [3.05, 3.63) is 11.6 Å². The van der Waals surface area contributed by atoms with E-state index in [9.17, 15) is 0 Å². The summed E-state index contributed by atoms with van der Waals surface area (Å²) in [4.78, 5) is 0. The van der Waals surface area contributed by atoms with Gasteiger partial charge in [-0.3, -0.25) is 0 Å². The molecule has 1 heterocycles. The van der Waals surface area contributed by atoms with Gasteiger partial charge in [0.1, 0.15) is 6.54 Å². The Balaban J connectivity index is 1.71. The van der Waals surface area contributed by atoms with Gasteiger partial charge in [0.2, 0.25) is 0 Å². The van der Waals surface area contributed by atoms with Gasteiger partial charge in [-0.15, -0.1) is 0 Å². The molecule has 0 radical (unpaired) electrons. The third-order valence-electron chi connectivity index (χ3n) is 6.04. The molecule has 4 rings (SSSR count). The van der Waals surface area contributed by atoms with Crippen LogP contribution in [-0.4, -0.2) is 31.2 Å². The lowest BCUT2D eigenvalue weighted by Crippen LogP contribution is -2.54. The van der Waals surface area contributed by atoms with Crippen LogP contribution in [0.4, 0.5) is 0 Å². The molecule has 0 aromatic heterocycles. The predicted molar refractivity (Wildman–Crippen MR) is 72.7 cm³/mol. The Morgan fingerprint density at radius 3 is 2.53 bits per heavy atom. The van der Waals surface area contributed by atoms with E-state index >= 15 is 0 Å². The number of quaternary nitrogens is 1. The molecular formula is C16H28N+. The van der Waals surface area contributed by atoms with Gasteiger partial charge in [-0.05, 0) is 54.9 Å². The lowest BCUT2D eigenvalue weighted by molar-refractivity contribution is -0.910. The maximum absolute atomic E-state index is 2.60. The molecule has 1 saturated heterocycles. The number of likely N-dealkylation sites (N-methyl/N-ethyl adjacent to an activating group) is 1. The molecule has 2 unspecified atom stereocenters. The molecule has 17 heavy (non-hydrogen) atoms. The van der Waals surface area contributed by atoms with Gasteiger partial charge in [0.05, 0.1) is 20.1 Å². The van der Waals surface area contributed by atoms with Crippen LogP contribution in [0.2, 0.25) is 0 Å². The lowest BCUT2D eigenvalue weighted by Gasteiger charge is -2.57. The number of hydrogen-bond donors (Lipinski definition) is 0. The van der Waals surface area contributed by atoms with Crippen molar-refractivity contribution in [1.29, 1.82) is 0 Å². The van der Waals surface area contributed by atoms with Crippen molar-refractivity contribution in [3.63, 3.8) is 0 Å². The normalized spacial score (nSPS) is 38.2. The highest BCUT2D eigenvalue weighted by molar-refractivity contribution is 5.23. The van der Waals surface area contributed by atoms with Crippen molar-refractivity contribution < 1.29 is 4.48 Å². The highest BCUT2D eigenvalue weighted by atomic mass is 15.3. The molecule has 1 heteroatoms. The molecule has 0 aromatic carbocycles. The second kappa shape index (κ2) is 3.85. The highest BCUT2D eigenvalue weighted by Crippen LogP contribution is 2.59. The first-order valence-electron chi connectivity index (χ1n) is 7.54. The average molecular weight is 234 g/mol. The molecule has 3 aliphatic carbocycles. The first-order valence-corrected chi connectivity index (χ1v) is 7.54. The first kappa shape index (κ1) is 11.8. The van der Waals surface area contributed by atoms with E-state index in [-0.39, 0.29) is 0 Å². The molecule has 2 fully saturated rings. The zero-order valence-electron chi connectivity index (χ0n) is 11.8. The molecule has 0 aromatic rings. The van der Waals surface area contributed by atoms with Crippen molar-refractivity contribution in [3.8, 4) is 0 Å². The fourth-order valence-corrected chi connectivity index (χ4v) is 4.53. The van der Waals surface area contributed by atoms with Gasteiger partial charge in [0.15, 0.2) is 0 Å². The van der Waals surface area contributed by atoms with Crippen LogP contribution in [0.1, 0.15) is 46.0 Å². The summed E-state index contributed by atoms with van der Waals surface area (Å²) in [6.07, 6.45) is 9.80. The van der Waals surface area contributed by atoms with Gasteiger partial charge in [0, 0.05) is 0 Å². The summed E-state index contributed by atoms with van der Waals surface area (Å²) >= 11 is 0.